The summed E-state index contributed by atoms with van der Waals surface area (Å²) in [7, 11) is 0. The lowest BCUT2D eigenvalue weighted by Crippen LogP contribution is -2.52. The first-order chi connectivity index (χ1) is 8.96. The van der Waals surface area contributed by atoms with E-state index in [9.17, 15) is 4.79 Å². The Morgan fingerprint density at radius 3 is 2.21 bits per heavy atom. The largest absolute Gasteiger partial charge is 0.335 e. The molecule has 0 aromatic carbocycles. The van der Waals surface area contributed by atoms with Gasteiger partial charge in [0.15, 0.2) is 0 Å². The Kier molecular flexibility index (Phi) is 6.88. The van der Waals surface area contributed by atoms with E-state index in [4.69, 9.17) is 0 Å². The second-order valence-corrected chi connectivity index (χ2v) is 7.04. The molecule has 1 aliphatic carbocycles. The van der Waals surface area contributed by atoms with Gasteiger partial charge in [-0.15, -0.1) is 0 Å². The minimum absolute atomic E-state index is 0.0240. The van der Waals surface area contributed by atoms with Crippen molar-refractivity contribution in [3.8, 4) is 0 Å². The Hall–Kier alpha value is -0.530. The van der Waals surface area contributed by atoms with E-state index in [2.05, 4.69) is 32.6 Å². The number of amides is 1. The van der Waals surface area contributed by atoms with Crippen LogP contribution in [0.25, 0.3) is 0 Å². The zero-order valence-corrected chi connectivity index (χ0v) is 13.5. The summed E-state index contributed by atoms with van der Waals surface area (Å²) in [5, 5.41) is 0. The van der Waals surface area contributed by atoms with Crippen LogP contribution in [-0.4, -0.2) is 22.4 Å². The van der Waals surface area contributed by atoms with Crippen molar-refractivity contribution in [2.24, 2.45) is 0 Å². The van der Waals surface area contributed by atoms with Crippen LogP contribution in [0.2, 0.25) is 0 Å². The minimum Gasteiger partial charge on any atom is -0.335 e. The molecule has 0 spiro atoms. The van der Waals surface area contributed by atoms with E-state index in [1.807, 2.05) is 0 Å². The van der Waals surface area contributed by atoms with E-state index >= 15 is 0 Å². The summed E-state index contributed by atoms with van der Waals surface area (Å²) in [6, 6.07) is 0.493. The van der Waals surface area contributed by atoms with Crippen molar-refractivity contribution in [1.29, 1.82) is 0 Å². The summed E-state index contributed by atoms with van der Waals surface area (Å²) in [5.41, 5.74) is -0.0240. The zero-order chi connectivity index (χ0) is 14.3. The average molecular weight is 267 g/mol. The lowest BCUT2D eigenvalue weighted by atomic mass is 9.90. The number of nitrogens with zero attached hydrogens (tertiary/aromatic N) is 1. The molecule has 112 valence electrons. The van der Waals surface area contributed by atoms with Crippen LogP contribution < -0.4 is 0 Å². The predicted octanol–water partition coefficient (Wildman–Crippen LogP) is 4.92. The van der Waals surface area contributed by atoms with Gasteiger partial charge in [0.05, 0.1) is 0 Å². The zero-order valence-electron chi connectivity index (χ0n) is 13.5. The molecule has 2 heteroatoms. The molecule has 1 fully saturated rings. The molecule has 1 amide bonds. The predicted molar refractivity (Wildman–Crippen MR) is 82.2 cm³/mol. The highest BCUT2D eigenvalue weighted by Gasteiger charge is 2.33. The first-order valence-corrected chi connectivity index (χ1v) is 8.29. The molecule has 0 atom stereocenters. The summed E-state index contributed by atoms with van der Waals surface area (Å²) in [4.78, 5) is 14.8. The van der Waals surface area contributed by atoms with Crippen LogP contribution in [0.15, 0.2) is 0 Å². The fourth-order valence-electron chi connectivity index (χ4n) is 3.29. The van der Waals surface area contributed by atoms with Crippen molar-refractivity contribution in [2.45, 2.75) is 103 Å². The SMILES string of the molecule is CCCCCCC(=O)N(C1CCCCC1)C(C)(C)C. The summed E-state index contributed by atoms with van der Waals surface area (Å²) in [5.74, 6) is 0.385. The maximum absolute atomic E-state index is 12.6. The molecule has 0 aliphatic heterocycles. The quantitative estimate of drug-likeness (QED) is 0.626. The monoisotopic (exact) mass is 267 g/mol. The van der Waals surface area contributed by atoms with Gasteiger partial charge in [0, 0.05) is 18.0 Å². The van der Waals surface area contributed by atoms with E-state index in [0.29, 0.717) is 11.9 Å². The number of hydrogen-bond donors (Lipinski definition) is 0. The summed E-state index contributed by atoms with van der Waals surface area (Å²) < 4.78 is 0. The molecule has 0 aromatic heterocycles. The molecular formula is C17H33NO. The van der Waals surface area contributed by atoms with Crippen LogP contribution in [-0.2, 0) is 4.79 Å². The lowest BCUT2D eigenvalue weighted by Gasteiger charge is -2.43. The van der Waals surface area contributed by atoms with Gasteiger partial charge in [0.25, 0.3) is 0 Å². The third-order valence-corrected chi connectivity index (χ3v) is 4.18. The number of hydrogen-bond acceptors (Lipinski definition) is 1. The van der Waals surface area contributed by atoms with Gasteiger partial charge in [-0.2, -0.15) is 0 Å². The van der Waals surface area contributed by atoms with Crippen LogP contribution in [0.4, 0.5) is 0 Å². The second kappa shape index (κ2) is 7.91. The first-order valence-electron chi connectivity index (χ1n) is 8.29. The van der Waals surface area contributed by atoms with Gasteiger partial charge >= 0.3 is 0 Å². The van der Waals surface area contributed by atoms with E-state index < -0.39 is 0 Å². The fraction of sp³-hybridized carbons (Fsp3) is 0.941. The van der Waals surface area contributed by atoms with E-state index in [-0.39, 0.29) is 5.54 Å². The molecule has 0 N–H and O–H groups in total. The van der Waals surface area contributed by atoms with Crippen molar-refractivity contribution in [1.82, 2.24) is 4.90 Å². The van der Waals surface area contributed by atoms with Crippen molar-refractivity contribution in [3.05, 3.63) is 0 Å². The van der Waals surface area contributed by atoms with Crippen LogP contribution in [0, 0.1) is 0 Å². The van der Waals surface area contributed by atoms with E-state index in [1.54, 1.807) is 0 Å². The van der Waals surface area contributed by atoms with Crippen LogP contribution in [0.3, 0.4) is 0 Å². The highest BCUT2D eigenvalue weighted by atomic mass is 16.2. The Bertz CT molecular complexity index is 261. The average Bonchev–Trinajstić information content (AvgIpc) is 2.34. The van der Waals surface area contributed by atoms with Crippen molar-refractivity contribution in [3.63, 3.8) is 0 Å². The molecule has 0 saturated heterocycles. The Morgan fingerprint density at radius 1 is 1.05 bits per heavy atom. The smallest absolute Gasteiger partial charge is 0.223 e. The minimum atomic E-state index is -0.0240. The number of rotatable bonds is 6. The molecule has 1 saturated carbocycles. The molecule has 0 aromatic rings. The standard InChI is InChI=1S/C17H33NO/c1-5-6-7-11-14-16(19)18(17(2,3)4)15-12-9-8-10-13-15/h15H,5-14H2,1-4H3. The molecule has 0 bridgehead atoms. The van der Waals surface area contributed by atoms with Gasteiger partial charge in [-0.05, 0) is 40.0 Å². The number of unbranched alkanes of at least 4 members (excludes halogenated alkanes) is 3. The Morgan fingerprint density at radius 2 is 1.68 bits per heavy atom. The maximum atomic E-state index is 12.6. The van der Waals surface area contributed by atoms with Gasteiger partial charge in [-0.3, -0.25) is 4.79 Å². The van der Waals surface area contributed by atoms with E-state index in [1.165, 1.54) is 51.4 Å². The highest BCUT2D eigenvalue weighted by molar-refractivity contribution is 5.77. The van der Waals surface area contributed by atoms with Crippen molar-refractivity contribution in [2.75, 3.05) is 0 Å². The van der Waals surface area contributed by atoms with Crippen LogP contribution in [0.5, 0.6) is 0 Å². The molecular weight excluding hydrogens is 234 g/mol. The molecule has 1 aliphatic rings. The summed E-state index contributed by atoms with van der Waals surface area (Å²) in [6.45, 7) is 8.77. The van der Waals surface area contributed by atoms with Crippen LogP contribution in [0.1, 0.15) is 91.9 Å². The summed E-state index contributed by atoms with van der Waals surface area (Å²) in [6.07, 6.45) is 11.8. The molecule has 0 radical (unpaired) electrons. The highest BCUT2D eigenvalue weighted by Crippen LogP contribution is 2.29. The molecule has 2 nitrogen and oxygen atoms in total. The van der Waals surface area contributed by atoms with Gasteiger partial charge in [-0.1, -0.05) is 45.4 Å². The Labute approximate surface area is 119 Å². The van der Waals surface area contributed by atoms with Gasteiger partial charge in [-0.25, -0.2) is 0 Å². The van der Waals surface area contributed by atoms with Crippen molar-refractivity contribution >= 4 is 5.91 Å². The van der Waals surface area contributed by atoms with Gasteiger partial charge in [0.1, 0.15) is 0 Å². The normalized spacial score (nSPS) is 17.5. The van der Waals surface area contributed by atoms with Gasteiger partial charge < -0.3 is 4.90 Å². The van der Waals surface area contributed by atoms with Crippen LogP contribution >= 0.6 is 0 Å². The van der Waals surface area contributed by atoms with E-state index in [0.717, 1.165) is 12.8 Å². The number of carbonyl (C=O) groups is 1. The molecule has 19 heavy (non-hydrogen) atoms. The molecule has 1 rings (SSSR count). The summed E-state index contributed by atoms with van der Waals surface area (Å²) >= 11 is 0. The molecule has 0 unspecified atom stereocenters. The topological polar surface area (TPSA) is 20.3 Å². The first kappa shape index (κ1) is 16.5. The lowest BCUT2D eigenvalue weighted by molar-refractivity contribution is -0.140. The van der Waals surface area contributed by atoms with Crippen molar-refractivity contribution < 1.29 is 4.79 Å². The number of carbonyl (C=O) groups excluding carboxylic acids is 1. The van der Waals surface area contributed by atoms with Gasteiger partial charge in [0.2, 0.25) is 5.91 Å². The third-order valence-electron chi connectivity index (χ3n) is 4.18. The Balaban J connectivity index is 2.55. The maximum Gasteiger partial charge on any atom is 0.223 e. The second-order valence-electron chi connectivity index (χ2n) is 7.04. The third kappa shape index (κ3) is 5.54. The molecule has 0 heterocycles. The fourth-order valence-corrected chi connectivity index (χ4v) is 3.29.